The Balaban J connectivity index is 1.83. The summed E-state index contributed by atoms with van der Waals surface area (Å²) in [5, 5.41) is 10.9. The lowest BCUT2D eigenvalue weighted by atomic mass is 9.88. The Kier molecular flexibility index (Phi) is 4.39. The van der Waals surface area contributed by atoms with E-state index in [0.717, 1.165) is 11.3 Å². The Labute approximate surface area is 136 Å². The average Bonchev–Trinajstić information content (AvgIpc) is 2.54. The molecule has 3 atom stereocenters. The number of aliphatic hydroxyl groups is 1. The van der Waals surface area contributed by atoms with E-state index in [2.05, 4.69) is 24.0 Å². The van der Waals surface area contributed by atoms with Gasteiger partial charge in [0.25, 0.3) is 0 Å². The first-order valence-corrected chi connectivity index (χ1v) is 7.82. The zero-order valence-electron chi connectivity index (χ0n) is 12.7. The number of hydrogen-bond acceptors (Lipinski definition) is 3. The number of rotatable bonds is 4. The first-order chi connectivity index (χ1) is 10.6. The summed E-state index contributed by atoms with van der Waals surface area (Å²) >= 11 is 6.30. The van der Waals surface area contributed by atoms with Crippen molar-refractivity contribution in [2.24, 2.45) is 0 Å². The molecule has 0 radical (unpaired) electrons. The number of β-amino-alcohol motifs (C(OH)–C–C–N with tert-alkyl or cyclic N) is 1. The quantitative estimate of drug-likeness (QED) is 0.930. The first kappa shape index (κ1) is 15.3. The van der Waals surface area contributed by atoms with Gasteiger partial charge in [0.15, 0.2) is 0 Å². The Hall–Kier alpha value is -1.55. The predicted molar refractivity (Wildman–Crippen MR) is 88.3 cm³/mol. The molecule has 3 nitrogen and oxygen atoms in total. The van der Waals surface area contributed by atoms with Crippen molar-refractivity contribution in [3.8, 4) is 5.75 Å². The summed E-state index contributed by atoms with van der Waals surface area (Å²) in [6, 6.07) is 16.0. The van der Waals surface area contributed by atoms with Gasteiger partial charge in [0.2, 0.25) is 0 Å². The molecule has 0 spiro atoms. The summed E-state index contributed by atoms with van der Waals surface area (Å²) in [4.78, 5) is 2.27. The van der Waals surface area contributed by atoms with E-state index in [4.69, 9.17) is 16.3 Å². The number of aliphatic hydroxyl groups excluding tert-OH is 1. The minimum absolute atomic E-state index is 0.0502. The minimum atomic E-state index is -0.374. The van der Waals surface area contributed by atoms with Gasteiger partial charge in [0.05, 0.1) is 19.3 Å². The van der Waals surface area contributed by atoms with Crippen LogP contribution >= 0.6 is 11.6 Å². The van der Waals surface area contributed by atoms with E-state index in [9.17, 15) is 5.11 Å². The highest BCUT2D eigenvalue weighted by molar-refractivity contribution is 6.31. The summed E-state index contributed by atoms with van der Waals surface area (Å²) in [6.45, 7) is 2.81. The van der Waals surface area contributed by atoms with Crippen LogP contribution in [-0.2, 0) is 0 Å². The monoisotopic (exact) mass is 317 g/mol. The van der Waals surface area contributed by atoms with Crippen LogP contribution in [0.1, 0.15) is 30.1 Å². The summed E-state index contributed by atoms with van der Waals surface area (Å²) in [5.74, 6) is 0.849. The number of benzene rings is 2. The second-order valence-corrected chi connectivity index (χ2v) is 6.09. The fourth-order valence-electron chi connectivity index (χ4n) is 3.09. The van der Waals surface area contributed by atoms with E-state index in [0.29, 0.717) is 11.6 Å². The fourth-order valence-corrected chi connectivity index (χ4v) is 3.33. The summed E-state index contributed by atoms with van der Waals surface area (Å²) in [7, 11) is 1.66. The molecule has 2 aromatic rings. The van der Waals surface area contributed by atoms with Crippen LogP contribution < -0.4 is 4.74 Å². The van der Waals surface area contributed by atoms with Crippen LogP contribution in [0.25, 0.3) is 0 Å². The van der Waals surface area contributed by atoms with Gasteiger partial charge >= 0.3 is 0 Å². The molecule has 1 heterocycles. The van der Waals surface area contributed by atoms with Gasteiger partial charge in [-0.25, -0.2) is 0 Å². The van der Waals surface area contributed by atoms with Gasteiger partial charge in [-0.3, -0.25) is 4.90 Å². The maximum absolute atomic E-state index is 10.2. The number of halogens is 1. The lowest BCUT2D eigenvalue weighted by molar-refractivity contribution is -0.0853. The molecule has 1 saturated heterocycles. The molecule has 0 amide bonds. The zero-order valence-corrected chi connectivity index (χ0v) is 13.5. The Morgan fingerprint density at radius 2 is 1.86 bits per heavy atom. The standard InChI is InChI=1S/C18H20ClNO2/c1-12(13-7-9-14(22-2)10-8-13)20-11-17(21)18(20)15-5-3-4-6-16(15)19/h3-10,12,17-18,21H,11H2,1-2H3/t12-,17+,18+/m0/s1. The summed E-state index contributed by atoms with van der Waals surface area (Å²) < 4.78 is 5.20. The normalized spacial score (nSPS) is 22.9. The smallest absolute Gasteiger partial charge is 0.118 e. The molecule has 0 bridgehead atoms. The molecule has 3 rings (SSSR count). The highest BCUT2D eigenvalue weighted by Gasteiger charge is 2.42. The van der Waals surface area contributed by atoms with E-state index < -0.39 is 0 Å². The molecule has 4 heteroatoms. The van der Waals surface area contributed by atoms with Crippen LogP contribution in [0, 0.1) is 0 Å². The average molecular weight is 318 g/mol. The molecule has 1 aliphatic rings. The molecular weight excluding hydrogens is 298 g/mol. The molecule has 116 valence electrons. The molecule has 2 aromatic carbocycles. The largest absolute Gasteiger partial charge is 0.497 e. The van der Waals surface area contributed by atoms with Gasteiger partial charge in [-0.15, -0.1) is 0 Å². The zero-order chi connectivity index (χ0) is 15.7. The Bertz CT molecular complexity index is 644. The van der Waals surface area contributed by atoms with Crippen molar-refractivity contribution in [2.45, 2.75) is 25.1 Å². The van der Waals surface area contributed by atoms with Crippen LogP contribution in [-0.4, -0.2) is 29.8 Å². The fraction of sp³-hybridized carbons (Fsp3) is 0.333. The second-order valence-electron chi connectivity index (χ2n) is 5.68. The maximum Gasteiger partial charge on any atom is 0.118 e. The molecule has 1 fully saturated rings. The van der Waals surface area contributed by atoms with Crippen molar-refractivity contribution in [3.63, 3.8) is 0 Å². The Morgan fingerprint density at radius 3 is 2.45 bits per heavy atom. The molecule has 0 saturated carbocycles. The van der Waals surface area contributed by atoms with Crippen molar-refractivity contribution < 1.29 is 9.84 Å². The topological polar surface area (TPSA) is 32.7 Å². The van der Waals surface area contributed by atoms with E-state index in [1.165, 1.54) is 5.56 Å². The number of ether oxygens (including phenoxy) is 1. The Morgan fingerprint density at radius 1 is 1.18 bits per heavy atom. The van der Waals surface area contributed by atoms with E-state index in [-0.39, 0.29) is 18.2 Å². The predicted octanol–water partition coefficient (Wildman–Crippen LogP) is 3.83. The summed E-state index contributed by atoms with van der Waals surface area (Å²) in [6.07, 6.45) is -0.374. The molecule has 0 aliphatic carbocycles. The molecule has 1 N–H and O–H groups in total. The van der Waals surface area contributed by atoms with Crippen molar-refractivity contribution in [1.82, 2.24) is 4.90 Å². The molecular formula is C18H20ClNO2. The number of methoxy groups -OCH3 is 1. The van der Waals surface area contributed by atoms with Gasteiger partial charge < -0.3 is 9.84 Å². The molecule has 0 unspecified atom stereocenters. The van der Waals surface area contributed by atoms with Crippen molar-refractivity contribution >= 4 is 11.6 Å². The minimum Gasteiger partial charge on any atom is -0.497 e. The van der Waals surface area contributed by atoms with Crippen molar-refractivity contribution in [1.29, 1.82) is 0 Å². The van der Waals surface area contributed by atoms with Crippen LogP contribution in [0.3, 0.4) is 0 Å². The van der Waals surface area contributed by atoms with Crippen LogP contribution in [0.5, 0.6) is 5.75 Å². The van der Waals surface area contributed by atoms with Crippen molar-refractivity contribution in [2.75, 3.05) is 13.7 Å². The third-order valence-corrected chi connectivity index (χ3v) is 4.78. The second kappa shape index (κ2) is 6.29. The van der Waals surface area contributed by atoms with E-state index in [1.54, 1.807) is 7.11 Å². The van der Waals surface area contributed by atoms with Crippen molar-refractivity contribution in [3.05, 3.63) is 64.7 Å². The molecule has 1 aliphatic heterocycles. The third-order valence-electron chi connectivity index (χ3n) is 4.44. The molecule has 0 aromatic heterocycles. The lowest BCUT2D eigenvalue weighted by Gasteiger charge is -2.49. The number of likely N-dealkylation sites (tertiary alicyclic amines) is 1. The molecule has 22 heavy (non-hydrogen) atoms. The van der Waals surface area contributed by atoms with Gasteiger partial charge in [-0.1, -0.05) is 41.9 Å². The highest BCUT2D eigenvalue weighted by atomic mass is 35.5. The third kappa shape index (κ3) is 2.72. The highest BCUT2D eigenvalue weighted by Crippen LogP contribution is 2.42. The van der Waals surface area contributed by atoms with Gasteiger partial charge in [-0.05, 0) is 36.2 Å². The number of hydrogen-bond donors (Lipinski definition) is 1. The number of nitrogens with zero attached hydrogens (tertiary/aromatic N) is 1. The van der Waals surface area contributed by atoms with E-state index >= 15 is 0 Å². The SMILES string of the molecule is COc1ccc([C@H](C)N2C[C@@H](O)[C@H]2c2ccccc2Cl)cc1. The van der Waals surface area contributed by atoms with Gasteiger partial charge in [-0.2, -0.15) is 0 Å². The lowest BCUT2D eigenvalue weighted by Crippen LogP contribution is -2.54. The summed E-state index contributed by atoms with van der Waals surface area (Å²) in [5.41, 5.74) is 2.19. The van der Waals surface area contributed by atoms with Crippen LogP contribution in [0.4, 0.5) is 0 Å². The first-order valence-electron chi connectivity index (χ1n) is 7.44. The maximum atomic E-state index is 10.2. The van der Waals surface area contributed by atoms with Crippen LogP contribution in [0.2, 0.25) is 5.02 Å². The van der Waals surface area contributed by atoms with Gasteiger partial charge in [0, 0.05) is 17.6 Å². The van der Waals surface area contributed by atoms with Crippen LogP contribution in [0.15, 0.2) is 48.5 Å². The van der Waals surface area contributed by atoms with Gasteiger partial charge in [0.1, 0.15) is 5.75 Å². The van der Waals surface area contributed by atoms with E-state index in [1.807, 2.05) is 36.4 Å².